The van der Waals surface area contributed by atoms with Gasteiger partial charge in [-0.05, 0) is 36.6 Å². The topological polar surface area (TPSA) is 96.3 Å². The van der Waals surface area contributed by atoms with Crippen molar-refractivity contribution < 1.29 is 12.8 Å². The van der Waals surface area contributed by atoms with Crippen LogP contribution in [0.1, 0.15) is 24.4 Å². The lowest BCUT2D eigenvalue weighted by Crippen LogP contribution is -2.30. The summed E-state index contributed by atoms with van der Waals surface area (Å²) < 4.78 is 32.6. The number of H-pyrrole nitrogens is 1. The molecule has 1 unspecified atom stereocenters. The number of aromatic nitrogens is 2. The normalized spacial score (nSPS) is 19.1. The van der Waals surface area contributed by atoms with Gasteiger partial charge in [-0.3, -0.25) is 9.97 Å². The van der Waals surface area contributed by atoms with Gasteiger partial charge in [0.05, 0.1) is 16.5 Å². The summed E-state index contributed by atoms with van der Waals surface area (Å²) in [4.78, 5) is 18.0. The third-order valence-electron chi connectivity index (χ3n) is 4.27. The minimum Gasteiger partial charge on any atom is -0.408 e. The summed E-state index contributed by atoms with van der Waals surface area (Å²) in [6.45, 7) is 0.455. The molecule has 24 heavy (non-hydrogen) atoms. The van der Waals surface area contributed by atoms with Crippen LogP contribution < -0.4 is 5.76 Å². The van der Waals surface area contributed by atoms with Gasteiger partial charge in [0.15, 0.2) is 5.58 Å². The van der Waals surface area contributed by atoms with Gasteiger partial charge in [-0.1, -0.05) is 6.07 Å². The minimum atomic E-state index is -3.69. The van der Waals surface area contributed by atoms with Gasteiger partial charge in [0.25, 0.3) is 0 Å². The smallest absolute Gasteiger partial charge is 0.408 e. The Balaban J connectivity index is 1.76. The van der Waals surface area contributed by atoms with Crippen LogP contribution in [0, 0.1) is 0 Å². The summed E-state index contributed by atoms with van der Waals surface area (Å²) in [6.07, 6.45) is 4.92. The van der Waals surface area contributed by atoms with E-state index in [-0.39, 0.29) is 16.5 Å². The Bertz CT molecular complexity index is 1040. The highest BCUT2D eigenvalue weighted by atomic mass is 32.2. The van der Waals surface area contributed by atoms with Crippen molar-refractivity contribution in [3.05, 3.63) is 58.8 Å². The van der Waals surface area contributed by atoms with Crippen molar-refractivity contribution in [3.8, 4) is 0 Å². The molecule has 0 bridgehead atoms. The van der Waals surface area contributed by atoms with E-state index in [1.807, 2.05) is 6.07 Å². The number of sulfonamides is 1. The number of hydrogen-bond donors (Lipinski definition) is 1. The first-order valence-electron chi connectivity index (χ1n) is 7.60. The Kier molecular flexibility index (Phi) is 3.50. The molecule has 124 valence electrons. The highest BCUT2D eigenvalue weighted by Gasteiger charge is 2.36. The highest BCUT2D eigenvalue weighted by molar-refractivity contribution is 7.89. The van der Waals surface area contributed by atoms with Crippen LogP contribution in [0.15, 0.2) is 56.8 Å². The van der Waals surface area contributed by atoms with Gasteiger partial charge in [0, 0.05) is 25.0 Å². The summed E-state index contributed by atoms with van der Waals surface area (Å²) in [5.41, 5.74) is 1.59. The Morgan fingerprint density at radius 1 is 1.29 bits per heavy atom. The van der Waals surface area contributed by atoms with Crippen LogP contribution in [0.5, 0.6) is 0 Å². The van der Waals surface area contributed by atoms with Crippen LogP contribution in [-0.2, 0) is 10.0 Å². The van der Waals surface area contributed by atoms with Crippen LogP contribution in [0.4, 0.5) is 0 Å². The molecular weight excluding hydrogens is 330 g/mol. The molecule has 1 saturated heterocycles. The van der Waals surface area contributed by atoms with E-state index < -0.39 is 15.8 Å². The molecule has 1 fully saturated rings. The molecule has 1 atom stereocenters. The van der Waals surface area contributed by atoms with Crippen LogP contribution in [0.25, 0.3) is 11.1 Å². The Labute approximate surface area is 138 Å². The molecule has 8 heteroatoms. The third kappa shape index (κ3) is 2.44. The van der Waals surface area contributed by atoms with Gasteiger partial charge < -0.3 is 4.42 Å². The van der Waals surface area contributed by atoms with E-state index in [4.69, 9.17) is 4.42 Å². The van der Waals surface area contributed by atoms with Crippen molar-refractivity contribution >= 4 is 21.1 Å². The summed E-state index contributed by atoms with van der Waals surface area (Å²) in [7, 11) is -3.69. The predicted octanol–water partition coefficient (Wildman–Crippen LogP) is 2.04. The Morgan fingerprint density at radius 2 is 2.17 bits per heavy atom. The Hall–Kier alpha value is -2.45. The van der Waals surface area contributed by atoms with E-state index in [2.05, 4.69) is 9.97 Å². The zero-order chi connectivity index (χ0) is 16.7. The number of hydrogen-bond acceptors (Lipinski definition) is 5. The molecule has 1 aromatic carbocycles. The van der Waals surface area contributed by atoms with Crippen LogP contribution in [0.2, 0.25) is 0 Å². The molecule has 3 heterocycles. The SMILES string of the molecule is O=c1[nH]c2ccc(S(=O)(=O)N3CCCC3c3cccnc3)cc2o1. The fraction of sp³-hybridized carbons (Fsp3) is 0.250. The van der Waals surface area contributed by atoms with Gasteiger partial charge in [0.2, 0.25) is 10.0 Å². The summed E-state index contributed by atoms with van der Waals surface area (Å²) in [5.74, 6) is -0.603. The second kappa shape index (κ2) is 5.57. The lowest BCUT2D eigenvalue weighted by molar-refractivity contribution is 0.396. The first-order valence-corrected chi connectivity index (χ1v) is 9.04. The molecule has 0 spiro atoms. The van der Waals surface area contributed by atoms with Crippen molar-refractivity contribution in [1.82, 2.24) is 14.3 Å². The molecule has 0 saturated carbocycles. The minimum absolute atomic E-state index is 0.119. The van der Waals surface area contributed by atoms with E-state index in [0.29, 0.717) is 12.1 Å². The zero-order valence-corrected chi connectivity index (χ0v) is 13.5. The van der Waals surface area contributed by atoms with Crippen LogP contribution in [-0.4, -0.2) is 29.2 Å². The zero-order valence-electron chi connectivity index (χ0n) is 12.7. The predicted molar refractivity (Wildman–Crippen MR) is 86.9 cm³/mol. The van der Waals surface area contributed by atoms with E-state index in [1.165, 1.54) is 16.4 Å². The van der Waals surface area contributed by atoms with E-state index in [0.717, 1.165) is 18.4 Å². The second-order valence-electron chi connectivity index (χ2n) is 5.73. The van der Waals surface area contributed by atoms with Gasteiger partial charge in [-0.25, -0.2) is 13.2 Å². The number of oxazole rings is 1. The van der Waals surface area contributed by atoms with Crippen LogP contribution >= 0.6 is 0 Å². The van der Waals surface area contributed by atoms with Crippen molar-refractivity contribution in [2.45, 2.75) is 23.8 Å². The number of fused-ring (bicyclic) bond motifs is 1. The van der Waals surface area contributed by atoms with Gasteiger partial charge in [-0.2, -0.15) is 4.31 Å². The molecule has 0 aliphatic carbocycles. The molecule has 1 aliphatic heterocycles. The summed E-state index contributed by atoms with van der Waals surface area (Å²) in [5, 5.41) is 0. The first kappa shape index (κ1) is 15.1. The van der Waals surface area contributed by atoms with Gasteiger partial charge >= 0.3 is 5.76 Å². The standard InChI is InChI=1S/C16H15N3O4S/c20-16-18-13-6-5-12(9-15(13)23-16)24(21,22)19-8-2-4-14(19)11-3-1-7-17-10-11/h1,3,5-7,9-10,14H,2,4,8H2,(H,18,20). The number of nitrogens with one attached hydrogen (secondary N) is 1. The number of benzene rings is 1. The average Bonchev–Trinajstić information content (AvgIpc) is 3.20. The second-order valence-corrected chi connectivity index (χ2v) is 7.62. The maximum absolute atomic E-state index is 13.0. The number of rotatable bonds is 3. The number of nitrogens with zero attached hydrogens (tertiary/aromatic N) is 2. The van der Waals surface area contributed by atoms with Crippen molar-refractivity contribution in [1.29, 1.82) is 0 Å². The lowest BCUT2D eigenvalue weighted by Gasteiger charge is -2.24. The van der Waals surface area contributed by atoms with Crippen molar-refractivity contribution in [2.24, 2.45) is 0 Å². The fourth-order valence-electron chi connectivity index (χ4n) is 3.16. The molecule has 3 aromatic rings. The maximum Gasteiger partial charge on any atom is 0.417 e. The number of pyridine rings is 1. The number of aromatic amines is 1. The molecule has 0 amide bonds. The van der Waals surface area contributed by atoms with E-state index in [1.54, 1.807) is 24.5 Å². The highest BCUT2D eigenvalue weighted by Crippen LogP contribution is 2.36. The van der Waals surface area contributed by atoms with Gasteiger partial charge in [0.1, 0.15) is 0 Å². The summed E-state index contributed by atoms with van der Waals surface area (Å²) in [6, 6.07) is 7.89. The largest absolute Gasteiger partial charge is 0.417 e. The molecule has 1 aliphatic rings. The average molecular weight is 345 g/mol. The van der Waals surface area contributed by atoms with Gasteiger partial charge in [-0.15, -0.1) is 0 Å². The van der Waals surface area contributed by atoms with Crippen LogP contribution in [0.3, 0.4) is 0 Å². The van der Waals surface area contributed by atoms with E-state index >= 15 is 0 Å². The quantitative estimate of drug-likeness (QED) is 0.783. The summed E-state index contributed by atoms with van der Waals surface area (Å²) >= 11 is 0. The van der Waals surface area contributed by atoms with Crippen molar-refractivity contribution in [2.75, 3.05) is 6.54 Å². The third-order valence-corrected chi connectivity index (χ3v) is 6.18. The molecule has 1 N–H and O–H groups in total. The maximum atomic E-state index is 13.0. The fourth-order valence-corrected chi connectivity index (χ4v) is 4.85. The monoisotopic (exact) mass is 345 g/mol. The lowest BCUT2D eigenvalue weighted by atomic mass is 10.1. The molecule has 0 radical (unpaired) electrons. The van der Waals surface area contributed by atoms with Crippen molar-refractivity contribution in [3.63, 3.8) is 0 Å². The molecule has 7 nitrogen and oxygen atoms in total. The Morgan fingerprint density at radius 3 is 2.96 bits per heavy atom. The van der Waals surface area contributed by atoms with E-state index in [9.17, 15) is 13.2 Å². The molecular formula is C16H15N3O4S. The first-order chi connectivity index (χ1) is 11.6. The molecule has 2 aromatic heterocycles. The molecule has 4 rings (SSSR count).